The Hall–Kier alpha value is -1.89. The monoisotopic (exact) mass is 445 g/mol. The molecule has 3 N–H and O–H groups in total. The molecule has 0 aromatic heterocycles. The van der Waals surface area contributed by atoms with E-state index in [9.17, 15) is 9.90 Å². The van der Waals surface area contributed by atoms with Crippen molar-refractivity contribution in [3.05, 3.63) is 69.2 Å². The van der Waals surface area contributed by atoms with Gasteiger partial charge in [0.05, 0.1) is 6.10 Å². The Labute approximate surface area is 175 Å². The van der Waals surface area contributed by atoms with Gasteiger partial charge in [-0.2, -0.15) is 0 Å². The Morgan fingerprint density at radius 2 is 1.96 bits per heavy atom. The fourth-order valence-electron chi connectivity index (χ4n) is 3.58. The van der Waals surface area contributed by atoms with E-state index in [-0.39, 0.29) is 12.6 Å². The molecule has 2 amide bonds. The predicted octanol–water partition coefficient (Wildman–Crippen LogP) is 3.02. The van der Waals surface area contributed by atoms with Crippen LogP contribution in [0.15, 0.2) is 46.9 Å². The van der Waals surface area contributed by atoms with Crippen molar-refractivity contribution in [3.8, 4) is 0 Å². The van der Waals surface area contributed by atoms with Gasteiger partial charge in [-0.1, -0.05) is 52.3 Å². The summed E-state index contributed by atoms with van der Waals surface area (Å²) in [7, 11) is 0. The van der Waals surface area contributed by atoms with Gasteiger partial charge in [0.25, 0.3) is 0 Å². The number of rotatable bonds is 7. The fraction of sp³-hybridized carbons (Fsp3) is 0.409. The molecule has 6 heteroatoms. The third-order valence-corrected chi connectivity index (χ3v) is 6.10. The molecule has 150 valence electrons. The molecule has 0 bridgehead atoms. The highest BCUT2D eigenvalue weighted by atomic mass is 79.9. The largest absolute Gasteiger partial charge is 0.390 e. The Morgan fingerprint density at radius 1 is 1.18 bits per heavy atom. The number of aliphatic hydroxyl groups excluding tert-OH is 1. The first-order chi connectivity index (χ1) is 13.5. The molecular weight excluding hydrogens is 418 g/mol. The summed E-state index contributed by atoms with van der Waals surface area (Å²) in [6.07, 6.45) is 1.20. The molecule has 0 radical (unpaired) electrons. The quantitative estimate of drug-likeness (QED) is 0.613. The second-order valence-electron chi connectivity index (χ2n) is 7.32. The Balaban J connectivity index is 1.35. The first-order valence-electron chi connectivity index (χ1n) is 9.76. The van der Waals surface area contributed by atoms with Gasteiger partial charge in [0.2, 0.25) is 0 Å². The number of nitrogens with one attached hydrogen (secondary N) is 2. The maximum absolute atomic E-state index is 12.0. The van der Waals surface area contributed by atoms with Crippen molar-refractivity contribution in [1.29, 1.82) is 0 Å². The van der Waals surface area contributed by atoms with E-state index < -0.39 is 6.10 Å². The number of urea groups is 1. The summed E-state index contributed by atoms with van der Waals surface area (Å²) < 4.78 is 1.08. The van der Waals surface area contributed by atoms with Gasteiger partial charge in [0.15, 0.2) is 0 Å². The lowest BCUT2D eigenvalue weighted by Gasteiger charge is -2.30. The number of β-amino-alcohol motifs (C(OH)–C–C–N with tert-alkyl or cyclic N) is 1. The van der Waals surface area contributed by atoms with E-state index in [2.05, 4.69) is 68.7 Å². The Morgan fingerprint density at radius 3 is 2.79 bits per heavy atom. The summed E-state index contributed by atoms with van der Waals surface area (Å²) in [6.45, 7) is 5.22. The second kappa shape index (κ2) is 10.0. The highest BCUT2D eigenvalue weighted by molar-refractivity contribution is 9.10. The standard InChI is InChI=1S/C22H28BrN3O2/c1-16-17(7-4-8-21(16)23)9-11-24-22(28)25-13-20(27)15-26-12-10-18-5-2-3-6-19(18)14-26/h2-8,20,27H,9-15H2,1H3,(H2,24,25,28)/t20-/m1/s1. The second-order valence-corrected chi connectivity index (χ2v) is 8.17. The zero-order valence-electron chi connectivity index (χ0n) is 16.2. The molecule has 2 aromatic rings. The average molecular weight is 446 g/mol. The summed E-state index contributed by atoms with van der Waals surface area (Å²) in [5, 5.41) is 15.9. The number of aliphatic hydroxyl groups is 1. The molecule has 28 heavy (non-hydrogen) atoms. The number of carbonyl (C=O) groups excluding carboxylic acids is 1. The molecule has 2 aromatic carbocycles. The molecular formula is C22H28BrN3O2. The van der Waals surface area contributed by atoms with Crippen LogP contribution in [0.25, 0.3) is 0 Å². The molecule has 0 unspecified atom stereocenters. The van der Waals surface area contributed by atoms with Crippen LogP contribution < -0.4 is 10.6 Å². The highest BCUT2D eigenvalue weighted by Gasteiger charge is 2.18. The molecule has 0 spiro atoms. The topological polar surface area (TPSA) is 64.6 Å². The number of nitrogens with zero attached hydrogens (tertiary/aromatic N) is 1. The van der Waals surface area contributed by atoms with E-state index in [0.717, 1.165) is 30.4 Å². The van der Waals surface area contributed by atoms with Crippen LogP contribution in [0.3, 0.4) is 0 Å². The van der Waals surface area contributed by atoms with Gasteiger partial charge < -0.3 is 15.7 Å². The van der Waals surface area contributed by atoms with Gasteiger partial charge in [-0.25, -0.2) is 4.79 Å². The predicted molar refractivity (Wildman–Crippen MR) is 115 cm³/mol. The minimum atomic E-state index is -0.580. The van der Waals surface area contributed by atoms with Crippen LogP contribution in [-0.4, -0.2) is 48.3 Å². The van der Waals surface area contributed by atoms with E-state index in [1.165, 1.54) is 22.3 Å². The van der Waals surface area contributed by atoms with Gasteiger partial charge >= 0.3 is 6.03 Å². The van der Waals surface area contributed by atoms with Crippen LogP contribution in [0.2, 0.25) is 0 Å². The minimum absolute atomic E-state index is 0.240. The zero-order valence-corrected chi connectivity index (χ0v) is 17.8. The maximum atomic E-state index is 12.0. The van der Waals surface area contributed by atoms with Crippen LogP contribution in [-0.2, 0) is 19.4 Å². The van der Waals surface area contributed by atoms with Crippen molar-refractivity contribution in [2.45, 2.75) is 32.4 Å². The zero-order chi connectivity index (χ0) is 19.9. The van der Waals surface area contributed by atoms with E-state index in [4.69, 9.17) is 0 Å². The summed E-state index contributed by atoms with van der Waals surface area (Å²) in [4.78, 5) is 14.2. The number of fused-ring (bicyclic) bond motifs is 1. The molecule has 1 aliphatic heterocycles. The third kappa shape index (κ3) is 5.80. The van der Waals surface area contributed by atoms with Crippen molar-refractivity contribution in [1.82, 2.24) is 15.5 Å². The van der Waals surface area contributed by atoms with Gasteiger partial charge in [-0.3, -0.25) is 4.90 Å². The summed E-state index contributed by atoms with van der Waals surface area (Å²) in [5.74, 6) is 0. The molecule has 5 nitrogen and oxygen atoms in total. The number of amides is 2. The molecule has 0 saturated heterocycles. The van der Waals surface area contributed by atoms with Gasteiger partial charge in [0.1, 0.15) is 0 Å². The number of hydrogen-bond acceptors (Lipinski definition) is 3. The summed E-state index contributed by atoms with van der Waals surface area (Å²) >= 11 is 3.53. The van der Waals surface area contributed by atoms with Crippen LogP contribution >= 0.6 is 15.9 Å². The third-order valence-electron chi connectivity index (χ3n) is 5.24. The normalized spacial score (nSPS) is 15.0. The lowest BCUT2D eigenvalue weighted by Crippen LogP contribution is -2.45. The first-order valence-corrected chi connectivity index (χ1v) is 10.5. The average Bonchev–Trinajstić information content (AvgIpc) is 2.69. The van der Waals surface area contributed by atoms with E-state index in [1.807, 2.05) is 12.1 Å². The number of halogens is 1. The Kier molecular flexibility index (Phi) is 7.48. The number of carbonyl (C=O) groups is 1. The van der Waals surface area contributed by atoms with Crippen LogP contribution in [0.5, 0.6) is 0 Å². The van der Waals surface area contributed by atoms with Gasteiger partial charge in [0, 0.05) is 37.2 Å². The van der Waals surface area contributed by atoms with Crippen LogP contribution in [0.4, 0.5) is 4.79 Å². The molecule has 0 saturated carbocycles. The van der Waals surface area contributed by atoms with Crippen LogP contribution in [0, 0.1) is 6.92 Å². The van der Waals surface area contributed by atoms with E-state index in [1.54, 1.807) is 0 Å². The molecule has 0 aliphatic carbocycles. The van der Waals surface area contributed by atoms with Gasteiger partial charge in [-0.05, 0) is 48.1 Å². The highest BCUT2D eigenvalue weighted by Crippen LogP contribution is 2.20. The number of hydrogen-bond donors (Lipinski definition) is 3. The molecule has 1 aliphatic rings. The van der Waals surface area contributed by atoms with Crippen LogP contribution in [0.1, 0.15) is 22.3 Å². The van der Waals surface area contributed by atoms with E-state index >= 15 is 0 Å². The first kappa shape index (κ1) is 20.8. The van der Waals surface area contributed by atoms with Crippen molar-refractivity contribution < 1.29 is 9.90 Å². The summed E-state index contributed by atoms with van der Waals surface area (Å²) in [5.41, 5.74) is 5.13. The van der Waals surface area contributed by atoms with Crippen molar-refractivity contribution in [2.75, 3.05) is 26.2 Å². The lowest BCUT2D eigenvalue weighted by molar-refractivity contribution is 0.105. The van der Waals surface area contributed by atoms with Gasteiger partial charge in [-0.15, -0.1) is 0 Å². The summed E-state index contributed by atoms with van der Waals surface area (Å²) in [6, 6.07) is 14.3. The molecule has 1 atom stereocenters. The van der Waals surface area contributed by atoms with E-state index in [0.29, 0.717) is 13.1 Å². The smallest absolute Gasteiger partial charge is 0.314 e. The maximum Gasteiger partial charge on any atom is 0.314 e. The fourth-order valence-corrected chi connectivity index (χ4v) is 3.99. The SMILES string of the molecule is Cc1c(Br)cccc1CCNC(=O)NC[C@@H](O)CN1CCc2ccccc2C1. The number of benzene rings is 2. The molecule has 1 heterocycles. The molecule has 3 rings (SSSR count). The van der Waals surface area contributed by atoms with Crippen molar-refractivity contribution >= 4 is 22.0 Å². The molecule has 0 fully saturated rings. The lowest BCUT2D eigenvalue weighted by atomic mass is 10.00. The van der Waals surface area contributed by atoms with Crippen molar-refractivity contribution in [2.24, 2.45) is 0 Å². The van der Waals surface area contributed by atoms with Crippen molar-refractivity contribution in [3.63, 3.8) is 0 Å². The Bertz CT molecular complexity index is 812. The minimum Gasteiger partial charge on any atom is -0.390 e.